The number of carbonyl (C=O) groups excluding carboxylic acids is 1. The number of anilines is 1. The van der Waals surface area contributed by atoms with Crippen LogP contribution in [0.25, 0.3) is 31.8 Å². The number of amides is 1. The summed E-state index contributed by atoms with van der Waals surface area (Å²) in [5, 5.41) is 8.41. The molecule has 0 bridgehead atoms. The van der Waals surface area contributed by atoms with E-state index in [1.54, 1.807) is 28.9 Å². The summed E-state index contributed by atoms with van der Waals surface area (Å²) in [4.78, 5) is 21.1. The largest absolute Gasteiger partial charge is 0.322 e. The maximum absolute atomic E-state index is 13.7. The molecule has 5 heteroatoms. The molecule has 0 saturated carbocycles. The van der Waals surface area contributed by atoms with Crippen LogP contribution in [0.2, 0.25) is 0 Å². The van der Waals surface area contributed by atoms with E-state index < -0.39 is 0 Å². The number of pyridine rings is 1. The number of aromatic nitrogens is 1. The Morgan fingerprint density at radius 2 is 1.44 bits per heavy atom. The summed E-state index contributed by atoms with van der Waals surface area (Å²) in [5.41, 5.74) is 8.63. The molecule has 1 N–H and O–H groups in total. The van der Waals surface area contributed by atoms with Gasteiger partial charge in [-0.2, -0.15) is 0 Å². The van der Waals surface area contributed by atoms with E-state index in [0.29, 0.717) is 5.56 Å². The molecule has 36 heavy (non-hydrogen) atoms. The SMILES string of the molecule is CCCc1c(-c2cccs2)c(-c2cccs2)c(CCC)c2c(C(=O)Nc3ccc(C)cc3)ccnc12. The van der Waals surface area contributed by atoms with Crippen molar-refractivity contribution in [2.24, 2.45) is 0 Å². The van der Waals surface area contributed by atoms with E-state index in [2.05, 4.69) is 54.2 Å². The van der Waals surface area contributed by atoms with Crippen molar-refractivity contribution < 1.29 is 4.79 Å². The molecule has 3 heterocycles. The van der Waals surface area contributed by atoms with Crippen LogP contribution in [-0.4, -0.2) is 10.9 Å². The quantitative estimate of drug-likeness (QED) is 0.226. The van der Waals surface area contributed by atoms with E-state index in [4.69, 9.17) is 4.98 Å². The van der Waals surface area contributed by atoms with Crippen molar-refractivity contribution in [3.63, 3.8) is 0 Å². The molecule has 5 aromatic rings. The molecule has 0 radical (unpaired) electrons. The number of nitrogens with one attached hydrogen (secondary N) is 1. The standard InChI is InChI=1S/C31H30N2OS2/c1-4-8-22-27-24(31(34)33-21-14-12-20(3)13-15-21)16-17-32-30(27)23(9-5-2)29(26-11-7-19-36-26)28(22)25-10-6-18-35-25/h6-7,10-19H,4-5,8-9H2,1-3H3,(H,33,34). The molecular weight excluding hydrogens is 480 g/mol. The minimum atomic E-state index is -0.0907. The first-order chi connectivity index (χ1) is 17.6. The lowest BCUT2D eigenvalue weighted by atomic mass is 9.84. The summed E-state index contributed by atoms with van der Waals surface area (Å²) in [6, 6.07) is 18.5. The van der Waals surface area contributed by atoms with Gasteiger partial charge in [-0.05, 0) is 72.0 Å². The predicted molar refractivity (Wildman–Crippen MR) is 155 cm³/mol. The molecule has 182 valence electrons. The fraction of sp³-hybridized carbons (Fsp3) is 0.226. The Labute approximate surface area is 220 Å². The van der Waals surface area contributed by atoms with Gasteiger partial charge < -0.3 is 5.32 Å². The molecule has 0 atom stereocenters. The third-order valence-corrected chi connectivity index (χ3v) is 8.26. The van der Waals surface area contributed by atoms with Gasteiger partial charge in [-0.3, -0.25) is 9.78 Å². The molecule has 0 unspecified atom stereocenters. The van der Waals surface area contributed by atoms with E-state index >= 15 is 0 Å². The van der Waals surface area contributed by atoms with Crippen LogP contribution in [0.4, 0.5) is 5.69 Å². The number of benzene rings is 2. The summed E-state index contributed by atoms with van der Waals surface area (Å²) < 4.78 is 0. The van der Waals surface area contributed by atoms with Gasteiger partial charge in [-0.25, -0.2) is 0 Å². The first-order valence-electron chi connectivity index (χ1n) is 12.5. The Morgan fingerprint density at radius 1 is 0.833 bits per heavy atom. The Kier molecular flexibility index (Phi) is 7.30. The lowest BCUT2D eigenvalue weighted by molar-refractivity contribution is 0.102. The van der Waals surface area contributed by atoms with Gasteiger partial charge >= 0.3 is 0 Å². The smallest absolute Gasteiger partial charge is 0.256 e. The van der Waals surface area contributed by atoms with Crippen molar-refractivity contribution in [3.8, 4) is 20.9 Å². The molecule has 2 aromatic carbocycles. The average Bonchev–Trinajstić information content (AvgIpc) is 3.61. The van der Waals surface area contributed by atoms with Crippen LogP contribution in [0.3, 0.4) is 0 Å². The van der Waals surface area contributed by atoms with Crippen molar-refractivity contribution in [2.45, 2.75) is 46.5 Å². The average molecular weight is 511 g/mol. The highest BCUT2D eigenvalue weighted by molar-refractivity contribution is 7.14. The number of aryl methyl sites for hydroxylation is 3. The number of thiophene rings is 2. The Morgan fingerprint density at radius 3 is 2.03 bits per heavy atom. The molecule has 0 aliphatic heterocycles. The van der Waals surface area contributed by atoms with Gasteiger partial charge in [0.25, 0.3) is 5.91 Å². The van der Waals surface area contributed by atoms with Crippen molar-refractivity contribution >= 4 is 45.2 Å². The molecule has 3 nitrogen and oxygen atoms in total. The van der Waals surface area contributed by atoms with E-state index in [-0.39, 0.29) is 5.91 Å². The Hall–Kier alpha value is -3.28. The molecule has 0 spiro atoms. The maximum Gasteiger partial charge on any atom is 0.256 e. The number of carbonyl (C=O) groups is 1. The van der Waals surface area contributed by atoms with Gasteiger partial charge in [0.05, 0.1) is 11.1 Å². The first kappa shape index (κ1) is 24.4. The lowest BCUT2D eigenvalue weighted by Gasteiger charge is -2.22. The molecule has 0 saturated heterocycles. The van der Waals surface area contributed by atoms with E-state index in [0.717, 1.165) is 42.3 Å². The molecule has 0 aliphatic rings. The van der Waals surface area contributed by atoms with Gasteiger partial charge in [-0.1, -0.05) is 56.5 Å². The van der Waals surface area contributed by atoms with Gasteiger partial charge in [0.15, 0.2) is 0 Å². The number of hydrogen-bond donors (Lipinski definition) is 1. The van der Waals surface area contributed by atoms with Crippen molar-refractivity contribution in [2.75, 3.05) is 5.32 Å². The van der Waals surface area contributed by atoms with E-state index in [9.17, 15) is 4.79 Å². The summed E-state index contributed by atoms with van der Waals surface area (Å²) >= 11 is 3.54. The lowest BCUT2D eigenvalue weighted by Crippen LogP contribution is -2.14. The highest BCUT2D eigenvalue weighted by Crippen LogP contribution is 2.46. The molecule has 5 rings (SSSR count). The first-order valence-corrected chi connectivity index (χ1v) is 14.3. The van der Waals surface area contributed by atoms with Crippen molar-refractivity contribution in [3.05, 3.63) is 93.8 Å². The molecular formula is C31H30N2OS2. The second-order valence-corrected chi connectivity index (χ2v) is 11.0. The fourth-order valence-corrected chi connectivity index (χ4v) is 6.55. The zero-order valence-corrected chi connectivity index (χ0v) is 22.6. The number of fused-ring (bicyclic) bond motifs is 1. The molecule has 0 fully saturated rings. The van der Waals surface area contributed by atoms with Crippen molar-refractivity contribution in [1.29, 1.82) is 0 Å². The normalized spacial score (nSPS) is 11.2. The van der Waals surface area contributed by atoms with Crippen LogP contribution in [0.15, 0.2) is 71.6 Å². The molecule has 0 aliphatic carbocycles. The maximum atomic E-state index is 13.7. The number of hydrogen-bond acceptors (Lipinski definition) is 4. The summed E-state index contributed by atoms with van der Waals surface area (Å²) in [5.74, 6) is -0.0907. The number of nitrogens with zero attached hydrogens (tertiary/aromatic N) is 1. The van der Waals surface area contributed by atoms with Crippen LogP contribution in [-0.2, 0) is 12.8 Å². The van der Waals surface area contributed by atoms with Crippen LogP contribution in [0.5, 0.6) is 0 Å². The van der Waals surface area contributed by atoms with Crippen molar-refractivity contribution in [1.82, 2.24) is 4.98 Å². The number of rotatable bonds is 8. The predicted octanol–water partition coefficient (Wildman–Crippen LogP) is 9.16. The van der Waals surface area contributed by atoms with Crippen LogP contribution in [0.1, 0.15) is 53.7 Å². The Bertz CT molecular complexity index is 1480. The third kappa shape index (κ3) is 4.61. The topological polar surface area (TPSA) is 42.0 Å². The summed E-state index contributed by atoms with van der Waals surface area (Å²) in [7, 11) is 0. The molecule has 3 aromatic heterocycles. The van der Waals surface area contributed by atoms with E-state index in [1.807, 2.05) is 37.3 Å². The minimum absolute atomic E-state index is 0.0907. The second kappa shape index (κ2) is 10.8. The zero-order valence-electron chi connectivity index (χ0n) is 20.9. The summed E-state index contributed by atoms with van der Waals surface area (Å²) in [6.07, 6.45) is 5.57. The fourth-order valence-electron chi connectivity index (χ4n) is 4.94. The van der Waals surface area contributed by atoms with Gasteiger partial charge in [0, 0.05) is 38.2 Å². The van der Waals surface area contributed by atoms with Gasteiger partial charge in [0.2, 0.25) is 0 Å². The molecule has 1 amide bonds. The van der Waals surface area contributed by atoms with Crippen LogP contribution >= 0.6 is 22.7 Å². The highest BCUT2D eigenvalue weighted by atomic mass is 32.1. The minimum Gasteiger partial charge on any atom is -0.322 e. The zero-order chi connectivity index (χ0) is 25.1. The second-order valence-electron chi connectivity index (χ2n) is 9.06. The monoisotopic (exact) mass is 510 g/mol. The van der Waals surface area contributed by atoms with Gasteiger partial charge in [-0.15, -0.1) is 22.7 Å². The van der Waals surface area contributed by atoms with Gasteiger partial charge in [0.1, 0.15) is 0 Å². The Balaban J connectivity index is 1.83. The van der Waals surface area contributed by atoms with Crippen LogP contribution < -0.4 is 5.32 Å². The summed E-state index contributed by atoms with van der Waals surface area (Å²) in [6.45, 7) is 6.46. The third-order valence-electron chi connectivity index (χ3n) is 6.48. The van der Waals surface area contributed by atoms with E-state index in [1.165, 1.54) is 37.6 Å². The van der Waals surface area contributed by atoms with Crippen LogP contribution in [0, 0.1) is 6.92 Å². The highest BCUT2D eigenvalue weighted by Gasteiger charge is 2.26.